The molecule has 13 heavy (non-hydrogen) atoms. The van der Waals surface area contributed by atoms with Crippen LogP contribution in [0.3, 0.4) is 0 Å². The van der Waals surface area contributed by atoms with E-state index >= 15 is 0 Å². The van der Waals surface area contributed by atoms with Crippen LogP contribution in [-0.4, -0.2) is 19.3 Å². The largest absolute Gasteiger partial charge is 0.504 e. The zero-order valence-corrected chi connectivity index (χ0v) is 8.13. The molecule has 0 amide bonds. The van der Waals surface area contributed by atoms with Crippen LogP contribution in [0.2, 0.25) is 0 Å². The summed E-state index contributed by atoms with van der Waals surface area (Å²) in [5.74, 6) is 1.13. The Balaban J connectivity index is 3.27. The minimum atomic E-state index is 0.108. The molecule has 0 unspecified atom stereocenters. The number of phenols is 1. The third kappa shape index (κ3) is 1.69. The van der Waals surface area contributed by atoms with Gasteiger partial charge in [-0.05, 0) is 18.1 Å². The third-order valence-corrected chi connectivity index (χ3v) is 1.96. The van der Waals surface area contributed by atoms with Crippen LogP contribution in [0.25, 0.3) is 0 Å². The second-order valence-corrected chi connectivity index (χ2v) is 2.66. The molecule has 3 nitrogen and oxygen atoms in total. The Labute approximate surface area is 77.9 Å². The summed E-state index contributed by atoms with van der Waals surface area (Å²) in [7, 11) is 3.08. The van der Waals surface area contributed by atoms with E-state index in [2.05, 4.69) is 0 Å². The van der Waals surface area contributed by atoms with Crippen LogP contribution < -0.4 is 9.47 Å². The molecule has 1 aromatic rings. The lowest BCUT2D eigenvalue weighted by Crippen LogP contribution is -1.95. The molecule has 0 fully saturated rings. The van der Waals surface area contributed by atoms with Gasteiger partial charge in [-0.25, -0.2) is 0 Å². The molecule has 0 bridgehead atoms. The van der Waals surface area contributed by atoms with E-state index in [-0.39, 0.29) is 5.75 Å². The first-order chi connectivity index (χ1) is 6.24. The molecule has 0 saturated carbocycles. The van der Waals surface area contributed by atoms with Crippen molar-refractivity contribution in [2.45, 2.75) is 13.3 Å². The van der Waals surface area contributed by atoms with Crippen LogP contribution in [0.4, 0.5) is 0 Å². The fraction of sp³-hybridized carbons (Fsp3) is 0.400. The molecule has 0 aromatic heterocycles. The molecule has 0 saturated heterocycles. The van der Waals surface area contributed by atoms with E-state index < -0.39 is 0 Å². The predicted molar refractivity (Wildman–Crippen MR) is 50.6 cm³/mol. The molecule has 1 N–H and O–H groups in total. The summed E-state index contributed by atoms with van der Waals surface area (Å²) in [6.45, 7) is 2.02. The van der Waals surface area contributed by atoms with Crippen molar-refractivity contribution in [3.05, 3.63) is 17.7 Å². The fourth-order valence-electron chi connectivity index (χ4n) is 1.29. The number of hydrogen-bond donors (Lipinski definition) is 1. The van der Waals surface area contributed by atoms with Gasteiger partial charge >= 0.3 is 0 Å². The average Bonchev–Trinajstić information content (AvgIpc) is 2.17. The van der Waals surface area contributed by atoms with Gasteiger partial charge in [0.05, 0.1) is 14.2 Å². The smallest absolute Gasteiger partial charge is 0.203 e. The maximum Gasteiger partial charge on any atom is 0.203 e. The summed E-state index contributed by atoms with van der Waals surface area (Å²) in [6.07, 6.45) is 0.847. The SMILES string of the molecule is CCc1ccc(O)c(OC)c1OC. The molecular weight excluding hydrogens is 168 g/mol. The van der Waals surface area contributed by atoms with E-state index in [0.29, 0.717) is 11.5 Å². The minimum Gasteiger partial charge on any atom is -0.504 e. The maximum absolute atomic E-state index is 9.44. The van der Waals surface area contributed by atoms with E-state index in [1.165, 1.54) is 7.11 Å². The van der Waals surface area contributed by atoms with Crippen molar-refractivity contribution in [3.63, 3.8) is 0 Å². The highest BCUT2D eigenvalue weighted by atomic mass is 16.5. The monoisotopic (exact) mass is 182 g/mol. The lowest BCUT2D eigenvalue weighted by atomic mass is 10.1. The number of hydrogen-bond acceptors (Lipinski definition) is 3. The van der Waals surface area contributed by atoms with E-state index in [1.54, 1.807) is 13.2 Å². The molecule has 0 heterocycles. The quantitative estimate of drug-likeness (QED) is 0.776. The van der Waals surface area contributed by atoms with E-state index in [9.17, 15) is 5.11 Å². The molecule has 0 aliphatic carbocycles. The van der Waals surface area contributed by atoms with Gasteiger partial charge in [-0.2, -0.15) is 0 Å². The Kier molecular flexibility index (Phi) is 3.01. The summed E-state index contributed by atoms with van der Waals surface area (Å²) in [5.41, 5.74) is 1.03. The molecule has 0 radical (unpaired) electrons. The second kappa shape index (κ2) is 4.03. The molecule has 1 rings (SSSR count). The minimum absolute atomic E-state index is 0.108. The Morgan fingerprint density at radius 2 is 1.77 bits per heavy atom. The average molecular weight is 182 g/mol. The second-order valence-electron chi connectivity index (χ2n) is 2.66. The lowest BCUT2D eigenvalue weighted by Gasteiger charge is -2.12. The fourth-order valence-corrected chi connectivity index (χ4v) is 1.29. The topological polar surface area (TPSA) is 38.7 Å². The van der Waals surface area contributed by atoms with E-state index in [0.717, 1.165) is 12.0 Å². The molecule has 72 valence electrons. The van der Waals surface area contributed by atoms with E-state index in [1.807, 2.05) is 13.0 Å². The zero-order chi connectivity index (χ0) is 9.84. The summed E-state index contributed by atoms with van der Waals surface area (Å²) >= 11 is 0. The number of benzene rings is 1. The summed E-state index contributed by atoms with van der Waals surface area (Å²) in [5, 5.41) is 9.44. The van der Waals surface area contributed by atoms with Gasteiger partial charge in [-0.15, -0.1) is 0 Å². The van der Waals surface area contributed by atoms with Crippen LogP contribution in [-0.2, 0) is 6.42 Å². The molecule has 0 aliphatic heterocycles. The van der Waals surface area contributed by atoms with Crippen LogP contribution in [0, 0.1) is 0 Å². The number of aromatic hydroxyl groups is 1. The highest BCUT2D eigenvalue weighted by Crippen LogP contribution is 2.38. The van der Waals surface area contributed by atoms with Crippen molar-refractivity contribution in [2.24, 2.45) is 0 Å². The van der Waals surface area contributed by atoms with Gasteiger partial charge in [0.1, 0.15) is 0 Å². The first-order valence-electron chi connectivity index (χ1n) is 4.17. The van der Waals surface area contributed by atoms with Gasteiger partial charge < -0.3 is 14.6 Å². The van der Waals surface area contributed by atoms with Gasteiger partial charge in [0.15, 0.2) is 11.5 Å². The summed E-state index contributed by atoms with van der Waals surface area (Å²) < 4.78 is 10.2. The maximum atomic E-state index is 9.44. The highest BCUT2D eigenvalue weighted by molar-refractivity contribution is 5.54. The van der Waals surface area contributed by atoms with Crippen molar-refractivity contribution in [1.82, 2.24) is 0 Å². The summed E-state index contributed by atoms with van der Waals surface area (Å²) in [6, 6.07) is 3.44. The highest BCUT2D eigenvalue weighted by Gasteiger charge is 2.12. The van der Waals surface area contributed by atoms with Crippen LogP contribution in [0.15, 0.2) is 12.1 Å². The number of rotatable bonds is 3. The van der Waals surface area contributed by atoms with Crippen molar-refractivity contribution in [1.29, 1.82) is 0 Å². The lowest BCUT2D eigenvalue weighted by molar-refractivity contribution is 0.330. The number of ether oxygens (including phenoxy) is 2. The van der Waals surface area contributed by atoms with Crippen molar-refractivity contribution < 1.29 is 14.6 Å². The molecule has 0 aliphatic rings. The standard InChI is InChI=1S/C10H14O3/c1-4-7-5-6-8(11)10(13-3)9(7)12-2/h5-6,11H,4H2,1-3H3. The van der Waals surface area contributed by atoms with Gasteiger partial charge in [-0.1, -0.05) is 13.0 Å². The van der Waals surface area contributed by atoms with Crippen molar-refractivity contribution >= 4 is 0 Å². The first-order valence-corrected chi connectivity index (χ1v) is 4.17. The Bertz CT molecular complexity index is 294. The van der Waals surface area contributed by atoms with Crippen LogP contribution >= 0.6 is 0 Å². The van der Waals surface area contributed by atoms with Gasteiger partial charge in [0.2, 0.25) is 5.75 Å². The zero-order valence-electron chi connectivity index (χ0n) is 8.13. The molecule has 1 aromatic carbocycles. The molecule has 0 atom stereocenters. The van der Waals surface area contributed by atoms with Crippen LogP contribution in [0.1, 0.15) is 12.5 Å². The van der Waals surface area contributed by atoms with E-state index in [4.69, 9.17) is 9.47 Å². The van der Waals surface area contributed by atoms with Gasteiger partial charge in [0.25, 0.3) is 0 Å². The number of methoxy groups -OCH3 is 2. The predicted octanol–water partition coefficient (Wildman–Crippen LogP) is 1.97. The third-order valence-electron chi connectivity index (χ3n) is 1.96. The molecular formula is C10H14O3. The Hall–Kier alpha value is -1.38. The normalized spacial score (nSPS) is 9.77. The number of aryl methyl sites for hydroxylation is 1. The Morgan fingerprint density at radius 3 is 2.23 bits per heavy atom. The van der Waals surface area contributed by atoms with Crippen LogP contribution in [0.5, 0.6) is 17.2 Å². The van der Waals surface area contributed by atoms with Crippen molar-refractivity contribution in [3.8, 4) is 17.2 Å². The molecule has 0 spiro atoms. The van der Waals surface area contributed by atoms with Gasteiger partial charge in [-0.3, -0.25) is 0 Å². The first kappa shape index (κ1) is 9.71. The van der Waals surface area contributed by atoms with Gasteiger partial charge in [0, 0.05) is 0 Å². The summed E-state index contributed by atoms with van der Waals surface area (Å²) in [4.78, 5) is 0. The molecule has 3 heteroatoms. The number of phenolic OH excluding ortho intramolecular Hbond substituents is 1. The Morgan fingerprint density at radius 1 is 1.15 bits per heavy atom. The van der Waals surface area contributed by atoms with Crippen molar-refractivity contribution in [2.75, 3.05) is 14.2 Å².